The van der Waals surface area contributed by atoms with E-state index in [2.05, 4.69) is 15.6 Å². The van der Waals surface area contributed by atoms with Crippen LogP contribution in [-0.2, 0) is 4.79 Å². The number of nitrogens with zero attached hydrogens (tertiary/aromatic N) is 1. The van der Waals surface area contributed by atoms with E-state index in [-0.39, 0.29) is 11.9 Å². The molecule has 2 heterocycles. The Morgan fingerprint density at radius 3 is 3.13 bits per heavy atom. The second-order valence-electron chi connectivity index (χ2n) is 3.70. The average Bonchev–Trinajstić information content (AvgIpc) is 2.46. The zero-order valence-electron chi connectivity index (χ0n) is 8.57. The number of nitrogens with one attached hydrogen (secondary N) is 2. The molecule has 0 radical (unpaired) electrons. The monoisotopic (exact) mass is 205 g/mol. The van der Waals surface area contributed by atoms with Crippen LogP contribution < -0.4 is 10.6 Å². The Labute approximate surface area is 89.1 Å². The lowest BCUT2D eigenvalue weighted by Gasteiger charge is -2.15. The van der Waals surface area contributed by atoms with Crippen LogP contribution in [0.4, 0.5) is 5.82 Å². The summed E-state index contributed by atoms with van der Waals surface area (Å²) in [6.07, 6.45) is 4.73. The quantitative estimate of drug-likeness (QED) is 0.761. The number of hydrogen-bond acceptors (Lipinski definition) is 3. The summed E-state index contributed by atoms with van der Waals surface area (Å²) in [6, 6.07) is 5.50. The van der Waals surface area contributed by atoms with Crippen LogP contribution in [0.25, 0.3) is 0 Å². The standard InChI is InChI=1S/C11H15N3O/c15-11-9(5-1-3-8-13-11)14-10-6-2-4-7-12-10/h2,4,6-7,9H,1,3,5,8H2,(H,12,14)(H,13,15)/t9-/m1/s1. The molecule has 1 fully saturated rings. The maximum absolute atomic E-state index is 11.6. The van der Waals surface area contributed by atoms with Crippen molar-refractivity contribution in [1.82, 2.24) is 10.3 Å². The van der Waals surface area contributed by atoms with Crippen LogP contribution in [0.1, 0.15) is 19.3 Å². The predicted molar refractivity (Wildman–Crippen MR) is 58.5 cm³/mol. The van der Waals surface area contributed by atoms with Gasteiger partial charge >= 0.3 is 0 Å². The van der Waals surface area contributed by atoms with Crippen LogP contribution in [0.3, 0.4) is 0 Å². The van der Waals surface area contributed by atoms with Gasteiger partial charge in [-0.2, -0.15) is 0 Å². The van der Waals surface area contributed by atoms with Crippen LogP contribution >= 0.6 is 0 Å². The maximum Gasteiger partial charge on any atom is 0.242 e. The number of carbonyl (C=O) groups is 1. The van der Waals surface area contributed by atoms with Gasteiger partial charge in [0.25, 0.3) is 0 Å². The highest BCUT2D eigenvalue weighted by Crippen LogP contribution is 2.10. The molecule has 1 saturated heterocycles. The summed E-state index contributed by atoms with van der Waals surface area (Å²) < 4.78 is 0. The molecular formula is C11H15N3O. The van der Waals surface area contributed by atoms with E-state index >= 15 is 0 Å². The largest absolute Gasteiger partial charge is 0.358 e. The summed E-state index contributed by atoms with van der Waals surface area (Å²) in [6.45, 7) is 0.791. The number of amides is 1. The summed E-state index contributed by atoms with van der Waals surface area (Å²) in [5.74, 6) is 0.845. The molecule has 0 bridgehead atoms. The van der Waals surface area contributed by atoms with Crippen molar-refractivity contribution < 1.29 is 4.79 Å². The fraction of sp³-hybridized carbons (Fsp3) is 0.455. The first-order chi connectivity index (χ1) is 7.36. The van der Waals surface area contributed by atoms with E-state index in [4.69, 9.17) is 0 Å². The van der Waals surface area contributed by atoms with E-state index in [0.29, 0.717) is 0 Å². The van der Waals surface area contributed by atoms with Gasteiger partial charge in [0.15, 0.2) is 0 Å². The molecule has 1 amide bonds. The highest BCUT2D eigenvalue weighted by molar-refractivity contribution is 5.84. The van der Waals surface area contributed by atoms with Gasteiger partial charge in [-0.1, -0.05) is 6.07 Å². The van der Waals surface area contributed by atoms with Gasteiger partial charge in [0, 0.05) is 12.7 Å². The fourth-order valence-electron chi connectivity index (χ4n) is 1.70. The van der Waals surface area contributed by atoms with Crippen molar-refractivity contribution in [1.29, 1.82) is 0 Å². The molecule has 1 atom stereocenters. The van der Waals surface area contributed by atoms with Crippen molar-refractivity contribution in [3.05, 3.63) is 24.4 Å². The lowest BCUT2D eigenvalue weighted by atomic mass is 10.1. The molecule has 2 N–H and O–H groups in total. The summed E-state index contributed by atoms with van der Waals surface area (Å²) in [5, 5.41) is 6.03. The predicted octanol–water partition coefficient (Wildman–Crippen LogP) is 1.16. The first kappa shape index (κ1) is 9.96. The normalized spacial score (nSPS) is 21.6. The molecule has 1 aromatic heterocycles. The van der Waals surface area contributed by atoms with Crippen molar-refractivity contribution >= 4 is 11.7 Å². The molecule has 1 aromatic rings. The minimum atomic E-state index is -0.137. The van der Waals surface area contributed by atoms with E-state index < -0.39 is 0 Å². The van der Waals surface area contributed by atoms with E-state index in [0.717, 1.165) is 31.6 Å². The molecule has 0 aromatic carbocycles. The van der Waals surface area contributed by atoms with Crippen molar-refractivity contribution in [3.8, 4) is 0 Å². The molecule has 1 aliphatic heterocycles. The molecule has 0 aliphatic carbocycles. The molecule has 0 spiro atoms. The second-order valence-corrected chi connectivity index (χ2v) is 3.70. The summed E-state index contributed by atoms with van der Waals surface area (Å²) in [5.41, 5.74) is 0. The second kappa shape index (κ2) is 4.77. The van der Waals surface area contributed by atoms with Gasteiger partial charge in [-0.15, -0.1) is 0 Å². The molecule has 4 nitrogen and oxygen atoms in total. The van der Waals surface area contributed by atoms with Crippen molar-refractivity contribution in [2.24, 2.45) is 0 Å². The SMILES string of the molecule is O=C1NCCCC[C@H]1Nc1ccccn1. The lowest BCUT2D eigenvalue weighted by molar-refractivity contribution is -0.121. The Morgan fingerprint density at radius 1 is 1.40 bits per heavy atom. The number of hydrogen-bond donors (Lipinski definition) is 2. The van der Waals surface area contributed by atoms with Gasteiger partial charge in [0.2, 0.25) is 5.91 Å². The summed E-state index contributed by atoms with van der Waals surface area (Å²) in [7, 11) is 0. The third kappa shape index (κ3) is 2.68. The van der Waals surface area contributed by atoms with Crippen LogP contribution in [-0.4, -0.2) is 23.5 Å². The van der Waals surface area contributed by atoms with Crippen molar-refractivity contribution in [2.45, 2.75) is 25.3 Å². The van der Waals surface area contributed by atoms with Crippen molar-refractivity contribution in [2.75, 3.05) is 11.9 Å². The average molecular weight is 205 g/mol. The first-order valence-corrected chi connectivity index (χ1v) is 5.31. The highest BCUT2D eigenvalue weighted by Gasteiger charge is 2.20. The van der Waals surface area contributed by atoms with E-state index in [9.17, 15) is 4.79 Å². The van der Waals surface area contributed by atoms with Crippen LogP contribution in [0, 0.1) is 0 Å². The van der Waals surface area contributed by atoms with E-state index in [1.807, 2.05) is 18.2 Å². The molecular weight excluding hydrogens is 190 g/mol. The Bertz CT molecular complexity index is 326. The fourth-order valence-corrected chi connectivity index (χ4v) is 1.70. The third-order valence-electron chi connectivity index (χ3n) is 2.52. The van der Waals surface area contributed by atoms with Gasteiger partial charge in [-0.05, 0) is 31.4 Å². The van der Waals surface area contributed by atoms with E-state index in [1.165, 1.54) is 0 Å². The number of rotatable bonds is 2. The molecule has 0 saturated carbocycles. The van der Waals surface area contributed by atoms with Gasteiger partial charge in [-0.3, -0.25) is 4.79 Å². The number of aromatic nitrogens is 1. The molecule has 4 heteroatoms. The Kier molecular flexibility index (Phi) is 3.17. The van der Waals surface area contributed by atoms with Crippen LogP contribution in [0.15, 0.2) is 24.4 Å². The molecule has 2 rings (SSSR count). The maximum atomic E-state index is 11.6. The summed E-state index contributed by atoms with van der Waals surface area (Å²) >= 11 is 0. The summed E-state index contributed by atoms with van der Waals surface area (Å²) in [4.78, 5) is 15.8. The van der Waals surface area contributed by atoms with Gasteiger partial charge < -0.3 is 10.6 Å². The van der Waals surface area contributed by atoms with Gasteiger partial charge in [0.05, 0.1) is 0 Å². The minimum Gasteiger partial charge on any atom is -0.358 e. The number of carbonyl (C=O) groups excluding carboxylic acids is 1. The smallest absolute Gasteiger partial charge is 0.242 e. The Balaban J connectivity index is 2.01. The zero-order valence-corrected chi connectivity index (χ0v) is 8.57. The van der Waals surface area contributed by atoms with Crippen LogP contribution in [0.5, 0.6) is 0 Å². The number of anilines is 1. The Morgan fingerprint density at radius 2 is 2.33 bits per heavy atom. The first-order valence-electron chi connectivity index (χ1n) is 5.31. The molecule has 0 unspecified atom stereocenters. The Hall–Kier alpha value is -1.58. The molecule has 15 heavy (non-hydrogen) atoms. The topological polar surface area (TPSA) is 54.0 Å². The highest BCUT2D eigenvalue weighted by atomic mass is 16.2. The zero-order chi connectivity index (χ0) is 10.5. The lowest BCUT2D eigenvalue weighted by Crippen LogP contribution is -2.38. The third-order valence-corrected chi connectivity index (χ3v) is 2.52. The minimum absolute atomic E-state index is 0.0816. The molecule has 1 aliphatic rings. The van der Waals surface area contributed by atoms with Gasteiger partial charge in [0.1, 0.15) is 11.9 Å². The van der Waals surface area contributed by atoms with E-state index in [1.54, 1.807) is 6.20 Å². The molecule has 80 valence electrons. The van der Waals surface area contributed by atoms with Crippen LogP contribution in [0.2, 0.25) is 0 Å². The number of pyridine rings is 1. The van der Waals surface area contributed by atoms with Gasteiger partial charge in [-0.25, -0.2) is 4.98 Å². The van der Waals surface area contributed by atoms with Crippen molar-refractivity contribution in [3.63, 3.8) is 0 Å².